The molecule has 5 heteroatoms. The van der Waals surface area contributed by atoms with E-state index in [9.17, 15) is 0 Å². The quantitative estimate of drug-likeness (QED) is 0.527. The van der Waals surface area contributed by atoms with E-state index >= 15 is 0 Å². The highest BCUT2D eigenvalue weighted by atomic mass is 79.9. The van der Waals surface area contributed by atoms with Crippen molar-refractivity contribution in [2.24, 2.45) is 0 Å². The molecule has 1 aromatic carbocycles. The van der Waals surface area contributed by atoms with Gasteiger partial charge in [0.15, 0.2) is 11.5 Å². The first-order chi connectivity index (χ1) is 11.2. The summed E-state index contributed by atoms with van der Waals surface area (Å²) in [6.45, 7) is 10.6. The lowest BCUT2D eigenvalue weighted by molar-refractivity contribution is 0.391. The van der Waals surface area contributed by atoms with Crippen LogP contribution in [0.4, 0.5) is 5.69 Å². The first-order valence-electron chi connectivity index (χ1n) is 7.54. The maximum atomic E-state index is 6.03. The van der Waals surface area contributed by atoms with Crippen LogP contribution in [0.2, 0.25) is 0 Å². The molecule has 0 spiro atoms. The first-order valence-corrected chi connectivity index (χ1v) is 9.46. The Balaban J connectivity index is 0.00000127. The lowest BCUT2D eigenvalue weighted by Crippen LogP contribution is -2.31. The number of nitrogens with zero attached hydrogens (tertiary/aromatic N) is 1. The molecule has 1 aromatic rings. The van der Waals surface area contributed by atoms with Crippen LogP contribution < -0.4 is 14.4 Å². The number of ether oxygens (including phenoxy) is 2. The lowest BCUT2D eigenvalue weighted by atomic mass is 10.1. The molecule has 0 saturated carbocycles. The van der Waals surface area contributed by atoms with Crippen molar-refractivity contribution < 1.29 is 9.47 Å². The van der Waals surface area contributed by atoms with E-state index in [4.69, 9.17) is 9.47 Å². The zero-order chi connectivity index (χ0) is 17.4. The largest absolute Gasteiger partial charge is 0.494 e. The van der Waals surface area contributed by atoms with Crippen LogP contribution in [0, 0.1) is 0 Å². The van der Waals surface area contributed by atoms with Gasteiger partial charge in [-0.1, -0.05) is 64.4 Å². The number of fused-ring (bicyclic) bond motifs is 1. The summed E-state index contributed by atoms with van der Waals surface area (Å²) in [6.07, 6.45) is 5.63. The molecule has 0 atom stereocenters. The molecule has 2 rings (SSSR count). The summed E-state index contributed by atoms with van der Waals surface area (Å²) in [7, 11) is 1.67. The predicted molar refractivity (Wildman–Crippen MR) is 106 cm³/mol. The van der Waals surface area contributed by atoms with Crippen LogP contribution in [-0.4, -0.2) is 19.0 Å². The normalized spacial score (nSPS) is 16.3. The van der Waals surface area contributed by atoms with Crippen LogP contribution in [0.5, 0.6) is 11.5 Å². The molecule has 0 bridgehead atoms. The summed E-state index contributed by atoms with van der Waals surface area (Å²) in [5.41, 5.74) is 1.94. The molecule has 0 fully saturated rings. The Labute approximate surface area is 155 Å². The maximum absolute atomic E-state index is 6.03. The van der Waals surface area contributed by atoms with Gasteiger partial charge in [-0.15, -0.1) is 0 Å². The average molecular weight is 445 g/mol. The van der Waals surface area contributed by atoms with Gasteiger partial charge in [0.1, 0.15) is 11.4 Å². The Kier molecular flexibility index (Phi) is 8.48. The van der Waals surface area contributed by atoms with E-state index in [-0.39, 0.29) is 0 Å². The Morgan fingerprint density at radius 2 is 2.04 bits per heavy atom. The maximum Gasteiger partial charge on any atom is 0.156 e. The van der Waals surface area contributed by atoms with Gasteiger partial charge in [0.25, 0.3) is 0 Å². The van der Waals surface area contributed by atoms with Crippen molar-refractivity contribution in [1.29, 1.82) is 0 Å². The first kappa shape index (κ1) is 19.8. The van der Waals surface area contributed by atoms with Crippen molar-refractivity contribution in [1.82, 2.24) is 0 Å². The zero-order valence-electron chi connectivity index (χ0n) is 14.0. The lowest BCUT2D eigenvalue weighted by Gasteiger charge is -2.35. The molecule has 0 aliphatic carbocycles. The van der Waals surface area contributed by atoms with Gasteiger partial charge in [-0.25, -0.2) is 0 Å². The Hall–Kier alpha value is -1.20. The second-order valence-electron chi connectivity index (χ2n) is 4.34. The van der Waals surface area contributed by atoms with Gasteiger partial charge in [0.05, 0.1) is 12.8 Å². The number of alkyl halides is 1. The average Bonchev–Trinajstić information content (AvgIpc) is 2.56. The highest BCUT2D eigenvalue weighted by Gasteiger charge is 2.29. The van der Waals surface area contributed by atoms with E-state index in [1.54, 1.807) is 13.2 Å². The molecule has 126 valence electrons. The standard InChI is InChI=1S/C16H17Br2NO2.C2H6/c1-4-6-13-12(5-2)19(8-7-17)16-14(20-3)9-11(18)10-15(16)21-13;1-2/h4-6,9-10H,1,7-8H2,2-3H3;1-2H3/b12-5+,13-6+;. The fourth-order valence-electron chi connectivity index (χ4n) is 2.32. The summed E-state index contributed by atoms with van der Waals surface area (Å²) in [6, 6.07) is 3.89. The number of hydrogen-bond acceptors (Lipinski definition) is 3. The topological polar surface area (TPSA) is 21.7 Å². The Morgan fingerprint density at radius 1 is 1.35 bits per heavy atom. The third-order valence-electron chi connectivity index (χ3n) is 3.11. The van der Waals surface area contributed by atoms with Crippen molar-refractivity contribution >= 4 is 37.5 Å². The van der Waals surface area contributed by atoms with E-state index in [1.807, 2.05) is 45.1 Å². The molecule has 0 aromatic heterocycles. The van der Waals surface area contributed by atoms with E-state index in [0.29, 0.717) is 0 Å². The number of benzene rings is 1. The molecule has 1 aliphatic rings. The van der Waals surface area contributed by atoms with Crippen LogP contribution in [0.1, 0.15) is 20.8 Å². The van der Waals surface area contributed by atoms with Crippen molar-refractivity contribution in [3.63, 3.8) is 0 Å². The molecule has 1 heterocycles. The number of rotatable bonds is 4. The molecular formula is C18H23Br2NO2. The predicted octanol–water partition coefficient (Wildman–Crippen LogP) is 6.05. The molecule has 0 saturated heterocycles. The molecule has 23 heavy (non-hydrogen) atoms. The minimum absolute atomic E-state index is 0.765. The van der Waals surface area contributed by atoms with Gasteiger partial charge in [0, 0.05) is 16.3 Å². The van der Waals surface area contributed by atoms with Crippen LogP contribution in [-0.2, 0) is 0 Å². The Morgan fingerprint density at radius 3 is 2.57 bits per heavy atom. The highest BCUT2D eigenvalue weighted by Crippen LogP contribution is 2.47. The Bertz CT molecular complexity index is 609. The number of methoxy groups -OCH3 is 1. The van der Waals surface area contributed by atoms with Crippen LogP contribution in [0.3, 0.4) is 0 Å². The van der Waals surface area contributed by atoms with Crippen molar-refractivity contribution in [3.05, 3.63) is 52.9 Å². The molecular weight excluding hydrogens is 422 g/mol. The van der Waals surface area contributed by atoms with Crippen molar-refractivity contribution in [2.75, 3.05) is 23.9 Å². The van der Waals surface area contributed by atoms with Crippen LogP contribution in [0.15, 0.2) is 52.9 Å². The van der Waals surface area contributed by atoms with E-state index < -0.39 is 0 Å². The third-order valence-corrected chi connectivity index (χ3v) is 3.92. The smallest absolute Gasteiger partial charge is 0.156 e. The summed E-state index contributed by atoms with van der Waals surface area (Å²) >= 11 is 7.00. The highest BCUT2D eigenvalue weighted by molar-refractivity contribution is 9.10. The van der Waals surface area contributed by atoms with E-state index in [2.05, 4.69) is 43.3 Å². The van der Waals surface area contributed by atoms with Crippen LogP contribution >= 0.6 is 31.9 Å². The summed E-state index contributed by atoms with van der Waals surface area (Å²) in [5.74, 6) is 2.32. The summed E-state index contributed by atoms with van der Waals surface area (Å²) < 4.78 is 12.5. The van der Waals surface area contributed by atoms with Gasteiger partial charge >= 0.3 is 0 Å². The molecule has 0 N–H and O–H groups in total. The minimum atomic E-state index is 0.765. The SMILES string of the molecule is C=C/C=C1/Oc2cc(Br)cc(OC)c2N(CCBr)/C1=C/C.CC. The third kappa shape index (κ3) is 4.42. The summed E-state index contributed by atoms with van der Waals surface area (Å²) in [4.78, 5) is 2.19. The van der Waals surface area contributed by atoms with Gasteiger partial charge in [-0.05, 0) is 25.1 Å². The molecule has 3 nitrogen and oxygen atoms in total. The molecule has 0 amide bonds. The number of halogens is 2. The second kappa shape index (κ2) is 9.83. The van der Waals surface area contributed by atoms with E-state index in [0.717, 1.165) is 45.0 Å². The fraction of sp³-hybridized carbons (Fsp3) is 0.333. The number of hydrogen-bond donors (Lipinski definition) is 0. The molecule has 1 aliphatic heterocycles. The fourth-order valence-corrected chi connectivity index (χ4v) is 3.09. The van der Waals surface area contributed by atoms with Crippen LogP contribution in [0.25, 0.3) is 0 Å². The zero-order valence-corrected chi connectivity index (χ0v) is 17.2. The van der Waals surface area contributed by atoms with Gasteiger partial charge < -0.3 is 14.4 Å². The second-order valence-corrected chi connectivity index (χ2v) is 6.05. The number of anilines is 1. The van der Waals surface area contributed by atoms with Crippen molar-refractivity contribution in [2.45, 2.75) is 20.8 Å². The van der Waals surface area contributed by atoms with Gasteiger partial charge in [0.2, 0.25) is 0 Å². The van der Waals surface area contributed by atoms with E-state index in [1.165, 1.54) is 0 Å². The molecule has 0 unspecified atom stereocenters. The van der Waals surface area contributed by atoms with Gasteiger partial charge in [-0.2, -0.15) is 0 Å². The van der Waals surface area contributed by atoms with Gasteiger partial charge in [-0.3, -0.25) is 0 Å². The minimum Gasteiger partial charge on any atom is -0.494 e. The number of allylic oxidation sites excluding steroid dienone is 3. The summed E-state index contributed by atoms with van der Waals surface area (Å²) in [5, 5.41) is 0.838. The van der Waals surface area contributed by atoms with Crippen molar-refractivity contribution in [3.8, 4) is 11.5 Å². The monoisotopic (exact) mass is 443 g/mol. The molecule has 0 radical (unpaired) electrons.